The largest absolute Gasteiger partial charge is 0.469 e. The fourth-order valence-electron chi connectivity index (χ4n) is 1.46. The van der Waals surface area contributed by atoms with Crippen LogP contribution in [0.4, 0.5) is 0 Å². The molecular weight excluding hydrogens is 222 g/mol. The zero-order valence-corrected chi connectivity index (χ0v) is 11.6. The van der Waals surface area contributed by atoms with Gasteiger partial charge < -0.3 is 10.1 Å². The van der Waals surface area contributed by atoms with Crippen LogP contribution in [-0.2, 0) is 9.53 Å². The third-order valence-corrected chi connectivity index (χ3v) is 3.48. The van der Waals surface area contributed by atoms with Crippen LogP contribution in [0.3, 0.4) is 0 Å². The quantitative estimate of drug-likeness (QED) is 0.475. The molecule has 1 atom stereocenters. The molecule has 0 saturated heterocycles. The van der Waals surface area contributed by atoms with E-state index in [4.69, 9.17) is 0 Å². The summed E-state index contributed by atoms with van der Waals surface area (Å²) in [6.45, 7) is 5.42. The maximum absolute atomic E-state index is 10.8. The van der Waals surface area contributed by atoms with Crippen LogP contribution in [0.2, 0.25) is 0 Å². The van der Waals surface area contributed by atoms with Gasteiger partial charge in [-0.05, 0) is 32.1 Å². The molecule has 0 fully saturated rings. The normalized spacial score (nSPS) is 12.4. The Hall–Kier alpha value is -0.220. The molecule has 0 rings (SSSR count). The second kappa shape index (κ2) is 11.3. The standard InChI is InChI=1S/C12H25NO2S/c1-4-13-11(2)7-5-6-9-16-10-8-12(14)15-3/h11,13H,4-10H2,1-3H3. The minimum Gasteiger partial charge on any atom is -0.469 e. The van der Waals surface area contributed by atoms with Gasteiger partial charge in [-0.3, -0.25) is 4.79 Å². The lowest BCUT2D eigenvalue weighted by molar-refractivity contribution is -0.140. The number of esters is 1. The zero-order chi connectivity index (χ0) is 12.2. The van der Waals surface area contributed by atoms with Crippen LogP contribution in [0.5, 0.6) is 0 Å². The van der Waals surface area contributed by atoms with Crippen LogP contribution in [0.25, 0.3) is 0 Å². The van der Waals surface area contributed by atoms with Gasteiger partial charge in [-0.25, -0.2) is 0 Å². The van der Waals surface area contributed by atoms with Crippen molar-refractivity contribution >= 4 is 17.7 Å². The van der Waals surface area contributed by atoms with Crippen molar-refractivity contribution in [1.29, 1.82) is 0 Å². The molecule has 0 aliphatic rings. The van der Waals surface area contributed by atoms with E-state index in [9.17, 15) is 4.79 Å². The van der Waals surface area contributed by atoms with Gasteiger partial charge in [0.25, 0.3) is 0 Å². The minimum absolute atomic E-state index is 0.103. The molecular formula is C12H25NO2S. The average molecular weight is 247 g/mol. The molecule has 3 nitrogen and oxygen atoms in total. The van der Waals surface area contributed by atoms with Crippen molar-refractivity contribution in [2.24, 2.45) is 0 Å². The Morgan fingerprint density at radius 2 is 2.12 bits per heavy atom. The van der Waals surface area contributed by atoms with Crippen molar-refractivity contribution in [3.63, 3.8) is 0 Å². The molecule has 1 unspecified atom stereocenters. The summed E-state index contributed by atoms with van der Waals surface area (Å²) in [5, 5.41) is 3.40. The molecule has 0 radical (unpaired) electrons. The highest BCUT2D eigenvalue weighted by atomic mass is 32.2. The molecule has 0 bridgehead atoms. The van der Waals surface area contributed by atoms with Crippen LogP contribution < -0.4 is 5.32 Å². The third-order valence-electron chi connectivity index (χ3n) is 2.41. The van der Waals surface area contributed by atoms with E-state index >= 15 is 0 Å². The van der Waals surface area contributed by atoms with Crippen LogP contribution in [0.15, 0.2) is 0 Å². The SMILES string of the molecule is CCNC(C)CCCCSCCC(=O)OC. The number of ether oxygens (including phenoxy) is 1. The molecule has 96 valence electrons. The van der Waals surface area contributed by atoms with Crippen molar-refractivity contribution in [3.05, 3.63) is 0 Å². The van der Waals surface area contributed by atoms with Gasteiger partial charge in [-0.1, -0.05) is 13.3 Å². The summed E-state index contributed by atoms with van der Waals surface area (Å²) < 4.78 is 4.58. The molecule has 0 amide bonds. The van der Waals surface area contributed by atoms with E-state index in [1.54, 1.807) is 0 Å². The summed E-state index contributed by atoms with van der Waals surface area (Å²) >= 11 is 1.84. The highest BCUT2D eigenvalue weighted by Crippen LogP contribution is 2.09. The smallest absolute Gasteiger partial charge is 0.306 e. The van der Waals surface area contributed by atoms with Crippen molar-refractivity contribution in [1.82, 2.24) is 5.32 Å². The first kappa shape index (κ1) is 15.8. The summed E-state index contributed by atoms with van der Waals surface area (Å²) in [5.74, 6) is 1.93. The molecule has 4 heteroatoms. The predicted molar refractivity (Wildman–Crippen MR) is 70.9 cm³/mol. The second-order valence-electron chi connectivity index (χ2n) is 3.89. The molecule has 0 aromatic carbocycles. The molecule has 0 spiro atoms. The first-order valence-corrected chi connectivity index (χ1v) is 7.24. The number of hydrogen-bond donors (Lipinski definition) is 1. The van der Waals surface area contributed by atoms with Crippen LogP contribution in [-0.4, -0.2) is 37.2 Å². The Balaban J connectivity index is 3.12. The third kappa shape index (κ3) is 10.3. The van der Waals surface area contributed by atoms with Crippen LogP contribution in [0, 0.1) is 0 Å². The van der Waals surface area contributed by atoms with Crippen molar-refractivity contribution in [2.45, 2.75) is 45.6 Å². The lowest BCUT2D eigenvalue weighted by Crippen LogP contribution is -2.25. The Morgan fingerprint density at radius 1 is 1.38 bits per heavy atom. The van der Waals surface area contributed by atoms with Crippen molar-refractivity contribution in [2.75, 3.05) is 25.2 Å². The Bertz CT molecular complexity index is 176. The van der Waals surface area contributed by atoms with Gasteiger partial charge in [-0.2, -0.15) is 11.8 Å². The summed E-state index contributed by atoms with van der Waals surface area (Å²) in [4.78, 5) is 10.8. The van der Waals surface area contributed by atoms with Gasteiger partial charge in [0.2, 0.25) is 0 Å². The lowest BCUT2D eigenvalue weighted by Gasteiger charge is -2.11. The van der Waals surface area contributed by atoms with E-state index in [-0.39, 0.29) is 5.97 Å². The van der Waals surface area contributed by atoms with Gasteiger partial charge in [0, 0.05) is 11.8 Å². The molecule has 0 aliphatic heterocycles. The number of methoxy groups -OCH3 is 1. The fraction of sp³-hybridized carbons (Fsp3) is 0.917. The molecule has 16 heavy (non-hydrogen) atoms. The van der Waals surface area contributed by atoms with Crippen molar-refractivity contribution < 1.29 is 9.53 Å². The van der Waals surface area contributed by atoms with Gasteiger partial charge >= 0.3 is 5.97 Å². The van der Waals surface area contributed by atoms with Gasteiger partial charge in [0.15, 0.2) is 0 Å². The molecule has 0 aromatic heterocycles. The first-order chi connectivity index (χ1) is 7.70. The van der Waals surface area contributed by atoms with Gasteiger partial charge in [0.1, 0.15) is 0 Å². The van der Waals surface area contributed by atoms with Crippen molar-refractivity contribution in [3.8, 4) is 0 Å². The topological polar surface area (TPSA) is 38.3 Å². The molecule has 0 heterocycles. The molecule has 1 N–H and O–H groups in total. The zero-order valence-electron chi connectivity index (χ0n) is 10.8. The number of rotatable bonds is 10. The maximum atomic E-state index is 10.8. The summed E-state index contributed by atoms with van der Waals surface area (Å²) in [7, 11) is 1.44. The molecule has 0 saturated carbocycles. The predicted octanol–water partition coefficient (Wildman–Crippen LogP) is 2.45. The minimum atomic E-state index is -0.103. The van der Waals surface area contributed by atoms with Gasteiger partial charge in [0.05, 0.1) is 13.5 Å². The molecule has 0 aliphatic carbocycles. The van der Waals surface area contributed by atoms with E-state index in [1.807, 2.05) is 11.8 Å². The van der Waals surface area contributed by atoms with Gasteiger partial charge in [-0.15, -0.1) is 0 Å². The highest BCUT2D eigenvalue weighted by Gasteiger charge is 2.01. The number of carbonyl (C=O) groups excluding carboxylic acids is 1. The Labute approximate surface area is 104 Å². The number of carbonyl (C=O) groups is 1. The summed E-state index contributed by atoms with van der Waals surface area (Å²) in [5.41, 5.74) is 0. The lowest BCUT2D eigenvalue weighted by atomic mass is 10.1. The van der Waals surface area contributed by atoms with Crippen LogP contribution in [0.1, 0.15) is 39.5 Å². The van der Waals surface area contributed by atoms with E-state index in [0.717, 1.165) is 18.1 Å². The Kier molecular flexibility index (Phi) is 11.1. The molecule has 0 aromatic rings. The van der Waals surface area contributed by atoms with E-state index in [2.05, 4.69) is 23.9 Å². The number of nitrogens with one attached hydrogen (secondary N) is 1. The van der Waals surface area contributed by atoms with E-state index in [0.29, 0.717) is 12.5 Å². The number of unbranched alkanes of at least 4 members (excludes halogenated alkanes) is 1. The average Bonchev–Trinajstić information content (AvgIpc) is 2.27. The van der Waals surface area contributed by atoms with E-state index in [1.165, 1.54) is 26.4 Å². The number of hydrogen-bond acceptors (Lipinski definition) is 4. The summed E-state index contributed by atoms with van der Waals surface area (Å²) in [6, 6.07) is 0.630. The highest BCUT2D eigenvalue weighted by molar-refractivity contribution is 7.99. The second-order valence-corrected chi connectivity index (χ2v) is 5.12. The monoisotopic (exact) mass is 247 g/mol. The van der Waals surface area contributed by atoms with Crippen LogP contribution >= 0.6 is 11.8 Å². The number of thioether (sulfide) groups is 1. The first-order valence-electron chi connectivity index (χ1n) is 6.08. The summed E-state index contributed by atoms with van der Waals surface area (Å²) in [6.07, 6.45) is 4.28. The fourth-order valence-corrected chi connectivity index (χ4v) is 2.39. The maximum Gasteiger partial charge on any atom is 0.306 e. The Morgan fingerprint density at radius 3 is 2.75 bits per heavy atom. The van der Waals surface area contributed by atoms with E-state index < -0.39 is 0 Å².